The molecule has 1 aliphatic heterocycles. The van der Waals surface area contributed by atoms with Gasteiger partial charge >= 0.3 is 11.9 Å². The van der Waals surface area contributed by atoms with Crippen LogP contribution in [0.1, 0.15) is 60.8 Å². The van der Waals surface area contributed by atoms with Crippen LogP contribution in [-0.2, 0) is 19.1 Å². The molecule has 134 valence electrons. The first-order valence-electron chi connectivity index (χ1n) is 9.23. The van der Waals surface area contributed by atoms with E-state index in [9.17, 15) is 9.59 Å². The van der Waals surface area contributed by atoms with Crippen LogP contribution in [0.2, 0.25) is 0 Å². The number of hydrogen-bond acceptors (Lipinski definition) is 4. The molecule has 4 heteroatoms. The van der Waals surface area contributed by atoms with Gasteiger partial charge in [-0.2, -0.15) is 0 Å². The molecule has 0 aromatic rings. The summed E-state index contributed by atoms with van der Waals surface area (Å²) in [6.07, 6.45) is 4.09. The average Bonchev–Trinajstić information content (AvgIpc) is 3.11. The van der Waals surface area contributed by atoms with Crippen molar-refractivity contribution < 1.29 is 19.1 Å². The minimum atomic E-state index is -0.531. The molecule has 1 saturated carbocycles. The van der Waals surface area contributed by atoms with Crippen LogP contribution in [0.4, 0.5) is 0 Å². The van der Waals surface area contributed by atoms with Gasteiger partial charge in [0, 0.05) is 17.4 Å². The van der Waals surface area contributed by atoms with E-state index in [0.717, 1.165) is 24.8 Å². The van der Waals surface area contributed by atoms with E-state index < -0.39 is 5.41 Å². The van der Waals surface area contributed by atoms with E-state index in [1.165, 1.54) is 0 Å². The van der Waals surface area contributed by atoms with Crippen molar-refractivity contribution in [2.24, 2.45) is 28.6 Å². The number of carbonyl (C=O) groups is 2. The van der Waals surface area contributed by atoms with Gasteiger partial charge in [0.25, 0.3) is 0 Å². The van der Waals surface area contributed by atoms with Gasteiger partial charge in [-0.25, -0.2) is 4.79 Å². The topological polar surface area (TPSA) is 52.6 Å². The highest BCUT2D eigenvalue weighted by Gasteiger charge is 2.59. The predicted octanol–water partition coefficient (Wildman–Crippen LogP) is 3.89. The number of rotatable bonds is 6. The van der Waals surface area contributed by atoms with Crippen molar-refractivity contribution in [1.82, 2.24) is 0 Å². The zero-order chi connectivity index (χ0) is 17.9. The molecule has 3 aliphatic rings. The Balaban J connectivity index is 1.76. The highest BCUT2D eigenvalue weighted by molar-refractivity contribution is 5.93. The van der Waals surface area contributed by atoms with Crippen molar-refractivity contribution in [3.8, 4) is 0 Å². The monoisotopic (exact) mass is 334 g/mol. The van der Waals surface area contributed by atoms with Gasteiger partial charge in [-0.05, 0) is 31.1 Å². The van der Waals surface area contributed by atoms with Crippen LogP contribution in [0.5, 0.6) is 0 Å². The van der Waals surface area contributed by atoms with Crippen molar-refractivity contribution in [2.75, 3.05) is 0 Å². The molecule has 1 saturated heterocycles. The number of carbonyl (C=O) groups excluding carboxylic acids is 2. The maximum Gasteiger partial charge on any atom is 0.334 e. The normalized spacial score (nSPS) is 33.5. The molecular formula is C20H30O4. The first-order chi connectivity index (χ1) is 11.1. The number of esters is 2. The van der Waals surface area contributed by atoms with Gasteiger partial charge in [-0.15, -0.1) is 0 Å². The van der Waals surface area contributed by atoms with Gasteiger partial charge in [0.05, 0.1) is 5.41 Å². The van der Waals surface area contributed by atoms with Gasteiger partial charge in [0.15, 0.2) is 0 Å². The minimum absolute atomic E-state index is 0.0830. The van der Waals surface area contributed by atoms with Crippen LogP contribution < -0.4 is 0 Å². The maximum absolute atomic E-state index is 13.1. The Bertz CT molecular complexity index is 588. The van der Waals surface area contributed by atoms with Crippen molar-refractivity contribution >= 4 is 11.9 Å². The Morgan fingerprint density at radius 3 is 2.62 bits per heavy atom. The molecule has 2 aliphatic carbocycles. The molecule has 24 heavy (non-hydrogen) atoms. The second-order valence-electron chi connectivity index (χ2n) is 9.13. The summed E-state index contributed by atoms with van der Waals surface area (Å²) < 4.78 is 11.4. The number of hydrogen-bond donors (Lipinski definition) is 0. The molecule has 0 amide bonds. The molecule has 0 aromatic heterocycles. The first kappa shape index (κ1) is 17.5. The molecule has 0 radical (unpaired) electrons. The second-order valence-corrected chi connectivity index (χ2v) is 9.13. The number of fused-ring (bicyclic) bond motifs is 1. The SMILES string of the molecule is CCC(C)(C)CC(C)(C(=O)OC1C2C=C3C(=O)OC1C3C2)C(C)C. The lowest BCUT2D eigenvalue weighted by molar-refractivity contribution is -0.175. The van der Waals surface area contributed by atoms with Gasteiger partial charge in [0.1, 0.15) is 12.2 Å². The number of ether oxygens (including phenoxy) is 2. The Morgan fingerprint density at radius 2 is 2.04 bits per heavy atom. The van der Waals surface area contributed by atoms with E-state index in [4.69, 9.17) is 9.47 Å². The van der Waals surface area contributed by atoms with Crippen LogP contribution in [0.25, 0.3) is 0 Å². The summed E-state index contributed by atoms with van der Waals surface area (Å²) in [5.74, 6) is 0.101. The van der Waals surface area contributed by atoms with Gasteiger partial charge < -0.3 is 9.47 Å². The van der Waals surface area contributed by atoms with Crippen molar-refractivity contribution in [1.29, 1.82) is 0 Å². The fourth-order valence-electron chi connectivity index (χ4n) is 4.46. The molecule has 0 aromatic carbocycles. The molecule has 5 unspecified atom stereocenters. The Kier molecular flexibility index (Phi) is 4.09. The summed E-state index contributed by atoms with van der Waals surface area (Å²) in [6.45, 7) is 12.8. The summed E-state index contributed by atoms with van der Waals surface area (Å²) in [4.78, 5) is 24.9. The third-order valence-electron chi connectivity index (χ3n) is 6.73. The van der Waals surface area contributed by atoms with E-state index in [1.807, 2.05) is 13.0 Å². The summed E-state index contributed by atoms with van der Waals surface area (Å²) in [6, 6.07) is 0. The lowest BCUT2D eigenvalue weighted by atomic mass is 9.67. The molecule has 3 rings (SSSR count). The van der Waals surface area contributed by atoms with E-state index in [0.29, 0.717) is 0 Å². The third kappa shape index (κ3) is 2.58. The van der Waals surface area contributed by atoms with E-state index in [-0.39, 0.29) is 47.3 Å². The van der Waals surface area contributed by atoms with E-state index in [2.05, 4.69) is 34.6 Å². The first-order valence-corrected chi connectivity index (χ1v) is 9.23. The van der Waals surface area contributed by atoms with Gasteiger partial charge in [-0.3, -0.25) is 4.79 Å². The maximum atomic E-state index is 13.1. The van der Waals surface area contributed by atoms with E-state index in [1.54, 1.807) is 0 Å². The Morgan fingerprint density at radius 1 is 1.38 bits per heavy atom. The van der Waals surface area contributed by atoms with Crippen LogP contribution in [0, 0.1) is 28.6 Å². The van der Waals surface area contributed by atoms with Crippen molar-refractivity contribution in [3.63, 3.8) is 0 Å². The van der Waals surface area contributed by atoms with Crippen molar-refractivity contribution in [3.05, 3.63) is 11.6 Å². The Hall–Kier alpha value is -1.32. The van der Waals surface area contributed by atoms with Gasteiger partial charge in [-0.1, -0.05) is 47.1 Å². The van der Waals surface area contributed by atoms with Crippen molar-refractivity contribution in [2.45, 2.75) is 73.0 Å². The second kappa shape index (κ2) is 5.60. The summed E-state index contributed by atoms with van der Waals surface area (Å²) in [5.41, 5.74) is 0.354. The fraction of sp³-hybridized carbons (Fsp3) is 0.800. The lowest BCUT2D eigenvalue weighted by Crippen LogP contribution is -2.43. The smallest absolute Gasteiger partial charge is 0.334 e. The molecule has 2 bridgehead atoms. The van der Waals surface area contributed by atoms with Crippen LogP contribution in [-0.4, -0.2) is 24.1 Å². The summed E-state index contributed by atoms with van der Waals surface area (Å²) >= 11 is 0. The molecule has 0 spiro atoms. The molecule has 1 heterocycles. The lowest BCUT2D eigenvalue weighted by Gasteiger charge is -2.39. The van der Waals surface area contributed by atoms with Crippen LogP contribution >= 0.6 is 0 Å². The molecule has 5 atom stereocenters. The molecular weight excluding hydrogens is 304 g/mol. The highest BCUT2D eigenvalue weighted by atomic mass is 16.6. The quantitative estimate of drug-likeness (QED) is 0.692. The summed E-state index contributed by atoms with van der Waals surface area (Å²) in [7, 11) is 0. The highest BCUT2D eigenvalue weighted by Crippen LogP contribution is 2.52. The fourth-order valence-corrected chi connectivity index (χ4v) is 4.46. The van der Waals surface area contributed by atoms with Gasteiger partial charge in [0.2, 0.25) is 0 Å². The molecule has 4 nitrogen and oxygen atoms in total. The predicted molar refractivity (Wildman–Crippen MR) is 91.1 cm³/mol. The largest absolute Gasteiger partial charge is 0.457 e. The zero-order valence-corrected chi connectivity index (χ0v) is 15.7. The minimum Gasteiger partial charge on any atom is -0.457 e. The standard InChI is InChI=1S/C20H30O4/c1-7-19(4,5)10-20(6,11(2)3)18(22)24-15-12-8-13-14(9-12)17(21)23-16(13)15/h9,11-13,15-16H,7-8,10H2,1-6H3. The average molecular weight is 334 g/mol. The third-order valence-corrected chi connectivity index (χ3v) is 6.73. The summed E-state index contributed by atoms with van der Waals surface area (Å²) in [5, 5.41) is 0. The molecule has 0 N–H and O–H groups in total. The molecule has 2 fully saturated rings. The zero-order valence-electron chi connectivity index (χ0n) is 15.7. The van der Waals surface area contributed by atoms with Crippen LogP contribution in [0.15, 0.2) is 11.6 Å². The Labute approximate surface area is 145 Å². The van der Waals surface area contributed by atoms with E-state index >= 15 is 0 Å². The van der Waals surface area contributed by atoms with Crippen LogP contribution in [0.3, 0.4) is 0 Å².